The Hall–Kier alpha value is -2.58. The zero-order chi connectivity index (χ0) is 20.9. The van der Waals surface area contributed by atoms with E-state index in [1.165, 1.54) is 12.1 Å². The molecule has 29 heavy (non-hydrogen) atoms. The maximum absolute atomic E-state index is 12.9. The molecule has 1 saturated heterocycles. The van der Waals surface area contributed by atoms with Crippen LogP contribution in [0.1, 0.15) is 15.9 Å². The molecule has 2 N–H and O–H groups in total. The van der Waals surface area contributed by atoms with Crippen molar-refractivity contribution in [1.82, 2.24) is 15.1 Å². The maximum Gasteiger partial charge on any atom is 0.416 e. The number of nitrogens with one attached hydrogen (secondary N) is 2. The minimum atomic E-state index is -4.42. The fourth-order valence-corrected chi connectivity index (χ4v) is 3.21. The minimum Gasteiger partial charge on any atom is -0.355 e. The van der Waals surface area contributed by atoms with Gasteiger partial charge in [0.25, 0.3) is 5.91 Å². The first kappa shape index (κ1) is 21.1. The number of nitrogens with zero attached hydrogens (tertiary/aromatic N) is 2. The molecule has 2 aromatic carbocycles. The molecule has 0 radical (unpaired) electrons. The van der Waals surface area contributed by atoms with Crippen LogP contribution in [0.3, 0.4) is 0 Å². The van der Waals surface area contributed by atoms with Crippen LogP contribution >= 0.6 is 0 Å². The van der Waals surface area contributed by atoms with Crippen LogP contribution < -0.4 is 10.6 Å². The lowest BCUT2D eigenvalue weighted by molar-refractivity contribution is -0.137. The van der Waals surface area contributed by atoms with E-state index in [9.17, 15) is 18.0 Å². The van der Waals surface area contributed by atoms with Crippen LogP contribution in [-0.4, -0.2) is 62.0 Å². The van der Waals surface area contributed by atoms with Crippen molar-refractivity contribution in [2.45, 2.75) is 6.18 Å². The van der Waals surface area contributed by atoms with E-state index in [-0.39, 0.29) is 11.6 Å². The Morgan fingerprint density at radius 2 is 1.76 bits per heavy atom. The summed E-state index contributed by atoms with van der Waals surface area (Å²) in [7, 11) is 2.09. The van der Waals surface area contributed by atoms with Crippen molar-refractivity contribution in [2.24, 2.45) is 0 Å². The third kappa shape index (κ3) is 5.95. The molecule has 0 saturated carbocycles. The number of likely N-dealkylation sites (N-methyl/N-ethyl adjacent to an activating group) is 1. The number of hydrogen-bond acceptors (Lipinski definition) is 4. The van der Waals surface area contributed by atoms with E-state index in [1.54, 1.807) is 24.3 Å². The number of amides is 1. The zero-order valence-electron chi connectivity index (χ0n) is 16.3. The summed E-state index contributed by atoms with van der Waals surface area (Å²) in [5.74, 6) is -0.255. The molecule has 0 atom stereocenters. The highest BCUT2D eigenvalue weighted by molar-refractivity contribution is 6.00. The Morgan fingerprint density at radius 1 is 1.03 bits per heavy atom. The third-order valence-corrected chi connectivity index (χ3v) is 4.95. The zero-order valence-corrected chi connectivity index (χ0v) is 16.3. The van der Waals surface area contributed by atoms with E-state index in [0.717, 1.165) is 44.9 Å². The van der Waals surface area contributed by atoms with Gasteiger partial charge in [-0.05, 0) is 37.4 Å². The molecular formula is C21H25F3N4O. The Morgan fingerprint density at radius 3 is 2.48 bits per heavy atom. The summed E-state index contributed by atoms with van der Waals surface area (Å²) in [4.78, 5) is 17.2. The van der Waals surface area contributed by atoms with Gasteiger partial charge in [-0.25, -0.2) is 0 Å². The fraction of sp³-hybridized carbons (Fsp3) is 0.381. The standard InChI is InChI=1S/C21H25F3N4O/c1-27-11-13-28(14-12-27)10-9-25-20(29)18-7-2-3-8-19(18)26-17-6-4-5-16(15-17)21(22,23)24/h2-8,15,26H,9-14H2,1H3,(H,25,29). The van der Waals surface area contributed by atoms with E-state index in [4.69, 9.17) is 0 Å². The van der Waals surface area contributed by atoms with Gasteiger partial charge in [-0.3, -0.25) is 9.69 Å². The van der Waals surface area contributed by atoms with Crippen molar-refractivity contribution in [3.63, 3.8) is 0 Å². The van der Waals surface area contributed by atoms with Crippen molar-refractivity contribution in [2.75, 3.05) is 51.6 Å². The summed E-state index contributed by atoms with van der Waals surface area (Å²) in [6, 6.07) is 11.7. The van der Waals surface area contributed by atoms with Crippen LogP contribution in [0.5, 0.6) is 0 Å². The highest BCUT2D eigenvalue weighted by atomic mass is 19.4. The number of carbonyl (C=O) groups is 1. The number of halogens is 3. The van der Waals surface area contributed by atoms with Gasteiger partial charge in [0.1, 0.15) is 0 Å². The number of hydrogen-bond donors (Lipinski definition) is 2. The molecule has 1 aliphatic rings. The summed E-state index contributed by atoms with van der Waals surface area (Å²) >= 11 is 0. The second-order valence-electron chi connectivity index (χ2n) is 7.15. The van der Waals surface area contributed by atoms with Crippen molar-refractivity contribution in [3.05, 3.63) is 59.7 Å². The summed E-state index contributed by atoms with van der Waals surface area (Å²) in [5, 5.41) is 5.84. The highest BCUT2D eigenvalue weighted by Gasteiger charge is 2.30. The summed E-state index contributed by atoms with van der Waals surface area (Å²) in [6.07, 6.45) is -4.42. The Labute approximate surface area is 168 Å². The average Bonchev–Trinajstić information content (AvgIpc) is 2.69. The SMILES string of the molecule is CN1CCN(CCNC(=O)c2ccccc2Nc2cccc(C(F)(F)F)c2)CC1. The molecule has 8 heteroatoms. The quantitative estimate of drug-likeness (QED) is 0.772. The van der Waals surface area contributed by atoms with Gasteiger partial charge in [0.2, 0.25) is 0 Å². The topological polar surface area (TPSA) is 47.6 Å². The molecule has 0 aliphatic carbocycles. The Balaban J connectivity index is 1.62. The van der Waals surface area contributed by atoms with Gasteiger partial charge < -0.3 is 15.5 Å². The average molecular weight is 406 g/mol. The first-order chi connectivity index (χ1) is 13.8. The lowest BCUT2D eigenvalue weighted by Gasteiger charge is -2.32. The molecule has 1 fully saturated rings. The van der Waals surface area contributed by atoms with Gasteiger partial charge in [0.15, 0.2) is 0 Å². The summed E-state index contributed by atoms with van der Waals surface area (Å²) in [5.41, 5.74) is 0.390. The van der Waals surface area contributed by atoms with E-state index in [0.29, 0.717) is 17.8 Å². The molecular weight excluding hydrogens is 381 g/mol. The smallest absolute Gasteiger partial charge is 0.355 e. The largest absolute Gasteiger partial charge is 0.416 e. The molecule has 0 spiro atoms. The Bertz CT molecular complexity index is 833. The van der Waals surface area contributed by atoms with Gasteiger partial charge in [-0.1, -0.05) is 18.2 Å². The van der Waals surface area contributed by atoms with Gasteiger partial charge in [-0.15, -0.1) is 0 Å². The number of piperazine rings is 1. The minimum absolute atomic E-state index is 0.255. The van der Waals surface area contributed by atoms with Crippen molar-refractivity contribution >= 4 is 17.3 Å². The predicted octanol–water partition coefficient (Wildman–Crippen LogP) is 3.43. The van der Waals surface area contributed by atoms with Crippen LogP contribution in [0.4, 0.5) is 24.5 Å². The molecule has 3 rings (SSSR count). The van der Waals surface area contributed by atoms with E-state index >= 15 is 0 Å². The van der Waals surface area contributed by atoms with Gasteiger partial charge in [-0.2, -0.15) is 13.2 Å². The van der Waals surface area contributed by atoms with Crippen LogP contribution in [0.2, 0.25) is 0 Å². The molecule has 5 nitrogen and oxygen atoms in total. The monoisotopic (exact) mass is 406 g/mol. The number of alkyl halides is 3. The second kappa shape index (κ2) is 9.28. The molecule has 1 amide bonds. The lowest BCUT2D eigenvalue weighted by atomic mass is 10.1. The number of carbonyl (C=O) groups excluding carboxylic acids is 1. The lowest BCUT2D eigenvalue weighted by Crippen LogP contribution is -2.46. The molecule has 2 aromatic rings. The molecule has 1 heterocycles. The second-order valence-corrected chi connectivity index (χ2v) is 7.15. The number of para-hydroxylation sites is 1. The van der Waals surface area contributed by atoms with E-state index in [2.05, 4.69) is 27.5 Å². The summed E-state index contributed by atoms with van der Waals surface area (Å²) < 4.78 is 38.8. The predicted molar refractivity (Wildman–Crippen MR) is 107 cm³/mol. The van der Waals surface area contributed by atoms with Crippen molar-refractivity contribution in [3.8, 4) is 0 Å². The molecule has 156 valence electrons. The van der Waals surface area contributed by atoms with E-state index in [1.807, 2.05) is 0 Å². The van der Waals surface area contributed by atoms with Gasteiger partial charge in [0, 0.05) is 45.0 Å². The van der Waals surface area contributed by atoms with E-state index < -0.39 is 11.7 Å². The van der Waals surface area contributed by atoms with Crippen LogP contribution in [0.25, 0.3) is 0 Å². The fourth-order valence-electron chi connectivity index (χ4n) is 3.21. The molecule has 0 bridgehead atoms. The molecule has 0 aromatic heterocycles. The normalized spacial score (nSPS) is 15.9. The first-order valence-corrected chi connectivity index (χ1v) is 9.55. The first-order valence-electron chi connectivity index (χ1n) is 9.55. The number of benzene rings is 2. The Kier molecular flexibility index (Phi) is 6.76. The number of anilines is 2. The van der Waals surface area contributed by atoms with Gasteiger partial charge >= 0.3 is 6.18 Å². The molecule has 0 unspecified atom stereocenters. The van der Waals surface area contributed by atoms with Crippen molar-refractivity contribution < 1.29 is 18.0 Å². The third-order valence-electron chi connectivity index (χ3n) is 4.95. The van der Waals surface area contributed by atoms with Gasteiger partial charge in [0.05, 0.1) is 16.8 Å². The maximum atomic E-state index is 12.9. The van der Waals surface area contributed by atoms with Crippen LogP contribution in [0.15, 0.2) is 48.5 Å². The number of rotatable bonds is 6. The van der Waals surface area contributed by atoms with Crippen LogP contribution in [-0.2, 0) is 6.18 Å². The van der Waals surface area contributed by atoms with Crippen LogP contribution in [0, 0.1) is 0 Å². The highest BCUT2D eigenvalue weighted by Crippen LogP contribution is 2.31. The van der Waals surface area contributed by atoms with Crippen molar-refractivity contribution in [1.29, 1.82) is 0 Å². The summed E-state index contributed by atoms with van der Waals surface area (Å²) in [6.45, 7) is 5.25. The molecule has 1 aliphatic heterocycles.